The number of nitrogens with zero attached hydrogens (tertiary/aromatic N) is 1. The van der Waals surface area contributed by atoms with Gasteiger partial charge in [0.05, 0.1) is 18.3 Å². The second kappa shape index (κ2) is 10.9. The Bertz CT molecular complexity index is 1270. The second-order valence-corrected chi connectivity index (χ2v) is 9.32. The Hall–Kier alpha value is -3.76. The molecule has 0 aliphatic rings. The van der Waals surface area contributed by atoms with E-state index >= 15 is 0 Å². The summed E-state index contributed by atoms with van der Waals surface area (Å²) in [5, 5.41) is 11.2. The fourth-order valence-electron chi connectivity index (χ4n) is 3.22. The minimum Gasteiger partial charge on any atom is -0.497 e. The Morgan fingerprint density at radius 3 is 2.29 bits per heavy atom. The summed E-state index contributed by atoms with van der Waals surface area (Å²) in [6.07, 6.45) is 1.59. The highest BCUT2D eigenvalue weighted by molar-refractivity contribution is 7.88. The molecule has 3 aromatic carbocycles. The van der Waals surface area contributed by atoms with Gasteiger partial charge in [0.15, 0.2) is 12.4 Å². The van der Waals surface area contributed by atoms with E-state index in [1.807, 2.05) is 0 Å². The number of carbonyl (C=O) groups excluding carboxylic acids is 1. The van der Waals surface area contributed by atoms with Gasteiger partial charge in [0, 0.05) is 29.8 Å². The molecule has 0 radical (unpaired) electrons. The standard InChI is InChI=1S/C24H24N2O7S/c1-32-21-10-7-18(8-11-21)22-15-20(26(28)29)9-12-24(22)33-16-23(27)19-5-3-17(4-6-19)13-14-25-34(2,30)31/h3-12,15,25H,13-14,16H2,1-2H3. The van der Waals surface area contributed by atoms with Crippen molar-refractivity contribution in [2.75, 3.05) is 26.5 Å². The predicted octanol–water partition coefficient (Wildman–Crippen LogP) is 3.62. The molecule has 0 aromatic heterocycles. The van der Waals surface area contributed by atoms with Crippen LogP contribution >= 0.6 is 0 Å². The van der Waals surface area contributed by atoms with Crippen LogP contribution in [0.25, 0.3) is 11.1 Å². The lowest BCUT2D eigenvalue weighted by Crippen LogP contribution is -2.24. The number of ether oxygens (including phenoxy) is 2. The van der Waals surface area contributed by atoms with Gasteiger partial charge in [0.1, 0.15) is 11.5 Å². The van der Waals surface area contributed by atoms with E-state index in [1.54, 1.807) is 55.6 Å². The first-order valence-corrected chi connectivity index (χ1v) is 12.2. The highest BCUT2D eigenvalue weighted by atomic mass is 32.2. The van der Waals surface area contributed by atoms with Crippen molar-refractivity contribution in [3.63, 3.8) is 0 Å². The molecule has 10 heteroatoms. The number of nitro benzene ring substituents is 1. The molecule has 0 heterocycles. The summed E-state index contributed by atoms with van der Waals surface area (Å²) in [6.45, 7) is 0.0134. The van der Waals surface area contributed by atoms with Gasteiger partial charge in [-0.2, -0.15) is 0 Å². The third-order valence-electron chi connectivity index (χ3n) is 4.99. The smallest absolute Gasteiger partial charge is 0.270 e. The summed E-state index contributed by atoms with van der Waals surface area (Å²) in [5.41, 5.74) is 2.39. The third-order valence-corrected chi connectivity index (χ3v) is 5.72. The molecule has 0 aliphatic carbocycles. The van der Waals surface area contributed by atoms with E-state index in [1.165, 1.54) is 18.2 Å². The Morgan fingerprint density at radius 1 is 1.03 bits per heavy atom. The van der Waals surface area contributed by atoms with E-state index in [9.17, 15) is 23.3 Å². The Kier molecular flexibility index (Phi) is 7.98. The molecule has 3 rings (SSSR count). The average Bonchev–Trinajstić information content (AvgIpc) is 2.82. The number of sulfonamides is 1. The summed E-state index contributed by atoms with van der Waals surface area (Å²) in [6, 6.07) is 18.0. The van der Waals surface area contributed by atoms with E-state index in [4.69, 9.17) is 9.47 Å². The van der Waals surface area contributed by atoms with Crippen LogP contribution in [0.5, 0.6) is 11.5 Å². The maximum absolute atomic E-state index is 12.6. The van der Waals surface area contributed by atoms with E-state index < -0.39 is 14.9 Å². The van der Waals surface area contributed by atoms with Gasteiger partial charge in [0.25, 0.3) is 5.69 Å². The number of methoxy groups -OCH3 is 1. The van der Waals surface area contributed by atoms with Crippen LogP contribution in [-0.4, -0.2) is 45.6 Å². The fraction of sp³-hybridized carbons (Fsp3) is 0.208. The van der Waals surface area contributed by atoms with Crippen LogP contribution in [0.3, 0.4) is 0 Å². The molecule has 9 nitrogen and oxygen atoms in total. The van der Waals surface area contributed by atoms with Crippen molar-refractivity contribution in [3.05, 3.63) is 88.0 Å². The molecule has 0 fully saturated rings. The van der Waals surface area contributed by atoms with E-state index in [-0.39, 0.29) is 24.6 Å². The van der Waals surface area contributed by atoms with Crippen molar-refractivity contribution in [1.29, 1.82) is 0 Å². The van der Waals surface area contributed by atoms with Crippen molar-refractivity contribution in [2.24, 2.45) is 0 Å². The molecule has 0 aliphatic heterocycles. The number of rotatable bonds is 11. The first-order valence-electron chi connectivity index (χ1n) is 10.3. The maximum Gasteiger partial charge on any atom is 0.270 e. The molecule has 0 saturated heterocycles. The number of nitrogens with one attached hydrogen (secondary N) is 1. The molecule has 1 N–H and O–H groups in total. The number of hydrogen-bond acceptors (Lipinski definition) is 7. The lowest BCUT2D eigenvalue weighted by atomic mass is 10.0. The van der Waals surface area contributed by atoms with Crippen LogP contribution < -0.4 is 14.2 Å². The molecule has 0 unspecified atom stereocenters. The van der Waals surface area contributed by atoms with Gasteiger partial charge in [-0.3, -0.25) is 14.9 Å². The molecule has 0 bridgehead atoms. The van der Waals surface area contributed by atoms with Gasteiger partial charge in [0.2, 0.25) is 10.0 Å². The van der Waals surface area contributed by atoms with E-state index in [0.29, 0.717) is 34.6 Å². The number of Topliss-reactive ketones (excluding diaryl/α,β-unsaturated/α-hetero) is 1. The molecule has 0 spiro atoms. The van der Waals surface area contributed by atoms with Gasteiger partial charge in [-0.15, -0.1) is 0 Å². The van der Waals surface area contributed by atoms with Crippen LogP contribution in [-0.2, 0) is 16.4 Å². The fourth-order valence-corrected chi connectivity index (χ4v) is 3.69. The highest BCUT2D eigenvalue weighted by Crippen LogP contribution is 2.34. The van der Waals surface area contributed by atoms with Crippen molar-refractivity contribution in [1.82, 2.24) is 4.72 Å². The van der Waals surface area contributed by atoms with Crippen molar-refractivity contribution in [2.45, 2.75) is 6.42 Å². The molecular formula is C24H24N2O7S. The molecule has 0 saturated carbocycles. The Labute approximate surface area is 197 Å². The Balaban J connectivity index is 1.71. The van der Waals surface area contributed by atoms with Gasteiger partial charge >= 0.3 is 0 Å². The summed E-state index contributed by atoms with van der Waals surface area (Å²) in [7, 11) is -1.71. The van der Waals surface area contributed by atoms with E-state index in [2.05, 4.69) is 4.72 Å². The molecule has 0 atom stereocenters. The number of carbonyl (C=O) groups is 1. The van der Waals surface area contributed by atoms with Crippen LogP contribution in [0.4, 0.5) is 5.69 Å². The van der Waals surface area contributed by atoms with E-state index in [0.717, 1.165) is 11.8 Å². The third kappa shape index (κ3) is 6.87. The minimum atomic E-state index is -3.25. The average molecular weight is 485 g/mol. The monoisotopic (exact) mass is 484 g/mol. The summed E-state index contributed by atoms with van der Waals surface area (Å²) < 4.78 is 35.6. The summed E-state index contributed by atoms with van der Waals surface area (Å²) in [4.78, 5) is 23.4. The van der Waals surface area contributed by atoms with Crippen molar-refractivity contribution >= 4 is 21.5 Å². The van der Waals surface area contributed by atoms with Gasteiger partial charge in [-0.05, 0) is 35.7 Å². The van der Waals surface area contributed by atoms with Crippen LogP contribution in [0.2, 0.25) is 0 Å². The first kappa shape index (κ1) is 24.9. The lowest BCUT2D eigenvalue weighted by molar-refractivity contribution is -0.384. The predicted molar refractivity (Wildman–Crippen MR) is 128 cm³/mol. The first-order chi connectivity index (χ1) is 16.2. The molecule has 3 aromatic rings. The number of benzene rings is 3. The molecular weight excluding hydrogens is 460 g/mol. The maximum atomic E-state index is 12.6. The highest BCUT2D eigenvalue weighted by Gasteiger charge is 2.15. The van der Waals surface area contributed by atoms with Crippen molar-refractivity contribution in [3.8, 4) is 22.6 Å². The quantitative estimate of drug-likeness (QED) is 0.250. The largest absolute Gasteiger partial charge is 0.497 e. The zero-order valence-corrected chi connectivity index (χ0v) is 19.5. The van der Waals surface area contributed by atoms with Crippen LogP contribution in [0.15, 0.2) is 66.7 Å². The van der Waals surface area contributed by atoms with Crippen molar-refractivity contribution < 1.29 is 27.6 Å². The van der Waals surface area contributed by atoms with Gasteiger partial charge < -0.3 is 9.47 Å². The number of hydrogen-bond donors (Lipinski definition) is 1. The van der Waals surface area contributed by atoms with Crippen LogP contribution in [0, 0.1) is 10.1 Å². The topological polar surface area (TPSA) is 125 Å². The van der Waals surface area contributed by atoms with Gasteiger partial charge in [-0.25, -0.2) is 13.1 Å². The number of non-ortho nitro benzene ring substituents is 1. The lowest BCUT2D eigenvalue weighted by Gasteiger charge is -2.12. The number of nitro groups is 1. The molecule has 178 valence electrons. The Morgan fingerprint density at radius 2 is 1.71 bits per heavy atom. The zero-order chi connectivity index (χ0) is 24.7. The molecule has 0 amide bonds. The molecule has 34 heavy (non-hydrogen) atoms. The number of ketones is 1. The SMILES string of the molecule is COc1ccc(-c2cc([N+](=O)[O-])ccc2OCC(=O)c2ccc(CCNS(C)(=O)=O)cc2)cc1. The summed E-state index contributed by atoms with van der Waals surface area (Å²) >= 11 is 0. The summed E-state index contributed by atoms with van der Waals surface area (Å²) in [5.74, 6) is 0.717. The zero-order valence-electron chi connectivity index (χ0n) is 18.7. The minimum absolute atomic E-state index is 0.0922. The van der Waals surface area contributed by atoms with Gasteiger partial charge in [-0.1, -0.05) is 36.4 Å². The second-order valence-electron chi connectivity index (χ2n) is 7.49. The van der Waals surface area contributed by atoms with Crippen LogP contribution in [0.1, 0.15) is 15.9 Å². The normalized spacial score (nSPS) is 11.1.